The number of carbonyl (C=O) groups excluding carboxylic acids is 1. The van der Waals surface area contributed by atoms with Crippen molar-refractivity contribution in [2.24, 2.45) is 11.7 Å². The number of nitrogens with two attached hydrogens (primary N) is 1. The zero-order valence-corrected chi connectivity index (χ0v) is 17.2. The number of aromatic nitrogens is 3. The van der Waals surface area contributed by atoms with Crippen LogP contribution in [-0.2, 0) is 11.3 Å². The smallest absolute Gasteiger partial charge is 0.235 e. The van der Waals surface area contributed by atoms with Gasteiger partial charge in [0.15, 0.2) is 5.16 Å². The van der Waals surface area contributed by atoms with Crippen LogP contribution >= 0.6 is 11.8 Å². The van der Waals surface area contributed by atoms with Crippen LogP contribution in [0.15, 0.2) is 58.3 Å². The fourth-order valence-corrected chi connectivity index (χ4v) is 4.68. The van der Waals surface area contributed by atoms with Crippen LogP contribution in [0, 0.1) is 5.92 Å². The Morgan fingerprint density at radius 2 is 2.10 bits per heavy atom. The molecule has 3 heterocycles. The van der Waals surface area contributed by atoms with Crippen LogP contribution in [0.2, 0.25) is 0 Å². The molecule has 0 aliphatic carbocycles. The van der Waals surface area contributed by atoms with E-state index >= 15 is 0 Å². The van der Waals surface area contributed by atoms with Gasteiger partial charge in [0.25, 0.3) is 0 Å². The van der Waals surface area contributed by atoms with E-state index in [9.17, 15) is 4.79 Å². The molecule has 1 aliphatic heterocycles. The topological polar surface area (TPSA) is 90.2 Å². The number of rotatable bonds is 7. The van der Waals surface area contributed by atoms with E-state index < -0.39 is 11.2 Å². The van der Waals surface area contributed by atoms with E-state index in [0.29, 0.717) is 17.6 Å². The van der Waals surface area contributed by atoms with E-state index in [2.05, 4.69) is 22.0 Å². The van der Waals surface area contributed by atoms with Crippen LogP contribution < -0.4 is 10.6 Å². The Bertz CT molecular complexity index is 941. The summed E-state index contributed by atoms with van der Waals surface area (Å²) in [6, 6.07) is 13.3. The average molecular weight is 412 g/mol. The number of thioether (sulfide) groups is 1. The van der Waals surface area contributed by atoms with Crippen molar-refractivity contribution in [2.45, 2.75) is 36.7 Å². The number of benzene rings is 1. The van der Waals surface area contributed by atoms with Crippen molar-refractivity contribution in [1.82, 2.24) is 14.8 Å². The van der Waals surface area contributed by atoms with Crippen molar-refractivity contribution >= 4 is 23.6 Å². The van der Waals surface area contributed by atoms with Gasteiger partial charge in [0.1, 0.15) is 11.0 Å². The first-order valence-corrected chi connectivity index (χ1v) is 10.7. The molecule has 0 spiro atoms. The number of nitrogens with zero attached hydrogens (tertiary/aromatic N) is 4. The maximum absolute atomic E-state index is 12.2. The Kier molecular flexibility index (Phi) is 5.89. The van der Waals surface area contributed by atoms with Crippen LogP contribution in [0.5, 0.6) is 0 Å². The molecule has 0 unspecified atom stereocenters. The molecule has 2 atom stereocenters. The van der Waals surface area contributed by atoms with E-state index in [1.54, 1.807) is 6.26 Å². The quantitative estimate of drug-likeness (QED) is 0.599. The molecule has 152 valence electrons. The molecular weight excluding hydrogens is 386 g/mol. The van der Waals surface area contributed by atoms with E-state index in [0.717, 1.165) is 36.8 Å². The van der Waals surface area contributed by atoms with Gasteiger partial charge in [-0.3, -0.25) is 9.36 Å². The molecule has 0 radical (unpaired) electrons. The molecule has 0 saturated carbocycles. The van der Waals surface area contributed by atoms with Gasteiger partial charge in [0, 0.05) is 13.1 Å². The summed E-state index contributed by atoms with van der Waals surface area (Å²) in [4.78, 5) is 14.5. The number of furan rings is 1. The highest BCUT2D eigenvalue weighted by molar-refractivity contribution is 8.00. The van der Waals surface area contributed by atoms with Gasteiger partial charge in [-0.1, -0.05) is 49.0 Å². The molecular formula is C21H25N5O2S. The summed E-state index contributed by atoms with van der Waals surface area (Å²) in [5.41, 5.74) is 6.58. The van der Waals surface area contributed by atoms with Gasteiger partial charge < -0.3 is 15.1 Å². The van der Waals surface area contributed by atoms with Crippen molar-refractivity contribution in [3.63, 3.8) is 0 Å². The fraction of sp³-hybridized carbons (Fsp3) is 0.381. The summed E-state index contributed by atoms with van der Waals surface area (Å²) in [7, 11) is 0. The molecule has 1 aliphatic rings. The van der Waals surface area contributed by atoms with Crippen LogP contribution in [0.25, 0.3) is 0 Å². The van der Waals surface area contributed by atoms with Crippen molar-refractivity contribution in [1.29, 1.82) is 0 Å². The number of anilines is 1. The first kappa shape index (κ1) is 19.6. The number of amides is 1. The van der Waals surface area contributed by atoms with Crippen molar-refractivity contribution < 1.29 is 9.21 Å². The Labute approximate surface area is 174 Å². The van der Waals surface area contributed by atoms with Crippen molar-refractivity contribution in [2.75, 3.05) is 18.0 Å². The minimum Gasteiger partial charge on any atom is -0.467 e. The zero-order chi connectivity index (χ0) is 20.2. The molecule has 1 saturated heterocycles. The van der Waals surface area contributed by atoms with E-state index in [4.69, 9.17) is 10.2 Å². The lowest BCUT2D eigenvalue weighted by molar-refractivity contribution is -0.117. The van der Waals surface area contributed by atoms with Gasteiger partial charge in [-0.2, -0.15) is 0 Å². The number of hydrogen-bond acceptors (Lipinski definition) is 6. The van der Waals surface area contributed by atoms with E-state index in [-0.39, 0.29) is 0 Å². The van der Waals surface area contributed by atoms with Gasteiger partial charge >= 0.3 is 0 Å². The van der Waals surface area contributed by atoms with Crippen LogP contribution in [-0.4, -0.2) is 33.8 Å². The van der Waals surface area contributed by atoms with Gasteiger partial charge in [-0.15, -0.1) is 10.2 Å². The van der Waals surface area contributed by atoms with Crippen LogP contribution in [0.1, 0.15) is 36.3 Å². The highest BCUT2D eigenvalue weighted by Gasteiger charge is 2.27. The predicted octanol–water partition coefficient (Wildman–Crippen LogP) is 3.47. The standard InChI is InChI=1S/C21H25N5O2S/c1-15-7-5-11-25(13-15)20-23-24-21(26(20)14-17-10-6-12-28-17)29-18(19(22)27)16-8-3-2-4-9-16/h2-4,6,8-10,12,15,18H,5,7,11,13-14H2,1H3,(H2,22,27)/t15-,18+/m0/s1. The maximum Gasteiger partial charge on any atom is 0.235 e. The minimum absolute atomic E-state index is 0.401. The lowest BCUT2D eigenvalue weighted by Crippen LogP contribution is -2.36. The molecule has 0 bridgehead atoms. The number of carbonyl (C=O) groups is 1. The predicted molar refractivity (Wildman–Crippen MR) is 113 cm³/mol. The fourth-order valence-electron chi connectivity index (χ4n) is 3.69. The Morgan fingerprint density at radius 1 is 1.28 bits per heavy atom. The highest BCUT2D eigenvalue weighted by Crippen LogP contribution is 2.36. The third-order valence-electron chi connectivity index (χ3n) is 5.12. The first-order valence-electron chi connectivity index (χ1n) is 9.83. The van der Waals surface area contributed by atoms with Crippen molar-refractivity contribution in [3.05, 3.63) is 60.1 Å². The third-order valence-corrected chi connectivity index (χ3v) is 6.37. The molecule has 3 aromatic rings. The average Bonchev–Trinajstić information content (AvgIpc) is 3.37. The second kappa shape index (κ2) is 8.73. The Hall–Kier alpha value is -2.74. The monoisotopic (exact) mass is 411 g/mol. The van der Waals surface area contributed by atoms with Crippen LogP contribution in [0.4, 0.5) is 5.95 Å². The van der Waals surface area contributed by atoms with Gasteiger partial charge in [0.05, 0.1) is 12.8 Å². The molecule has 2 aromatic heterocycles. The lowest BCUT2D eigenvalue weighted by atomic mass is 10.0. The number of hydrogen-bond donors (Lipinski definition) is 1. The third kappa shape index (κ3) is 4.48. The minimum atomic E-state index is -0.538. The molecule has 8 heteroatoms. The summed E-state index contributed by atoms with van der Waals surface area (Å²) >= 11 is 1.33. The summed E-state index contributed by atoms with van der Waals surface area (Å²) in [6.07, 6.45) is 4.01. The molecule has 4 rings (SSSR count). The molecule has 29 heavy (non-hydrogen) atoms. The molecule has 1 amide bonds. The van der Waals surface area contributed by atoms with E-state index in [1.807, 2.05) is 47.0 Å². The molecule has 7 nitrogen and oxygen atoms in total. The van der Waals surface area contributed by atoms with Crippen LogP contribution in [0.3, 0.4) is 0 Å². The summed E-state index contributed by atoms with van der Waals surface area (Å²) < 4.78 is 7.59. The zero-order valence-electron chi connectivity index (χ0n) is 16.4. The Balaban J connectivity index is 1.67. The second-order valence-electron chi connectivity index (χ2n) is 7.45. The summed E-state index contributed by atoms with van der Waals surface area (Å²) in [5.74, 6) is 1.83. The van der Waals surface area contributed by atoms with Gasteiger partial charge in [0.2, 0.25) is 11.9 Å². The first-order chi connectivity index (χ1) is 14.1. The Morgan fingerprint density at radius 3 is 2.79 bits per heavy atom. The summed E-state index contributed by atoms with van der Waals surface area (Å²) in [6.45, 7) is 4.65. The second-order valence-corrected chi connectivity index (χ2v) is 8.52. The molecule has 1 aromatic carbocycles. The maximum atomic E-state index is 12.2. The number of piperidine rings is 1. The molecule has 1 fully saturated rings. The SMILES string of the molecule is C[C@H]1CCCN(c2nnc(S[C@@H](C(N)=O)c3ccccc3)n2Cc2ccco2)C1. The normalized spacial score (nSPS) is 18.0. The van der Waals surface area contributed by atoms with Crippen molar-refractivity contribution in [3.8, 4) is 0 Å². The van der Waals surface area contributed by atoms with Gasteiger partial charge in [-0.05, 0) is 36.5 Å². The highest BCUT2D eigenvalue weighted by atomic mass is 32.2. The number of primary amides is 1. The van der Waals surface area contributed by atoms with Gasteiger partial charge in [-0.25, -0.2) is 0 Å². The lowest BCUT2D eigenvalue weighted by Gasteiger charge is -2.31. The molecule has 2 N–H and O–H groups in total. The van der Waals surface area contributed by atoms with E-state index in [1.165, 1.54) is 18.2 Å². The largest absolute Gasteiger partial charge is 0.467 e. The summed E-state index contributed by atoms with van der Waals surface area (Å²) in [5, 5.41) is 9.03.